The van der Waals surface area contributed by atoms with Gasteiger partial charge in [-0.25, -0.2) is 0 Å². The van der Waals surface area contributed by atoms with E-state index in [1.54, 1.807) is 37.3 Å². The van der Waals surface area contributed by atoms with Crippen LogP contribution < -0.4 is 15.4 Å². The number of anilines is 1. The van der Waals surface area contributed by atoms with Gasteiger partial charge in [0.1, 0.15) is 5.75 Å². The third-order valence-electron chi connectivity index (χ3n) is 3.57. The van der Waals surface area contributed by atoms with Gasteiger partial charge in [0.05, 0.1) is 20.2 Å². The van der Waals surface area contributed by atoms with Crippen molar-refractivity contribution in [2.75, 3.05) is 32.6 Å². The molecule has 1 rings (SSSR count). The van der Waals surface area contributed by atoms with Crippen LogP contribution in [0.2, 0.25) is 0 Å². The van der Waals surface area contributed by atoms with Crippen molar-refractivity contribution in [3.8, 4) is 5.75 Å². The van der Waals surface area contributed by atoms with Crippen LogP contribution in [-0.4, -0.2) is 50.0 Å². The van der Waals surface area contributed by atoms with E-state index in [0.29, 0.717) is 17.4 Å². The van der Waals surface area contributed by atoms with Crippen molar-refractivity contribution < 1.29 is 14.3 Å². The maximum absolute atomic E-state index is 12.0. The van der Waals surface area contributed by atoms with Gasteiger partial charge in [-0.05, 0) is 32.0 Å². The van der Waals surface area contributed by atoms with E-state index in [0.717, 1.165) is 0 Å². The van der Waals surface area contributed by atoms with E-state index in [2.05, 4.69) is 24.5 Å². The summed E-state index contributed by atoms with van der Waals surface area (Å²) in [6.07, 6.45) is 0. The first-order valence-corrected chi connectivity index (χ1v) is 7.73. The Morgan fingerprint density at radius 1 is 1.17 bits per heavy atom. The molecular formula is C17H27N3O3. The molecule has 6 nitrogen and oxygen atoms in total. The number of nitrogens with one attached hydrogen (secondary N) is 2. The van der Waals surface area contributed by atoms with Gasteiger partial charge in [0, 0.05) is 17.8 Å². The van der Waals surface area contributed by atoms with Gasteiger partial charge in [0.15, 0.2) is 0 Å². The number of nitrogens with zero attached hydrogens (tertiary/aromatic N) is 1. The lowest BCUT2D eigenvalue weighted by atomic mass is 10.1. The third-order valence-corrected chi connectivity index (χ3v) is 3.57. The number of carbonyl (C=O) groups is 2. The topological polar surface area (TPSA) is 70.7 Å². The molecule has 0 spiro atoms. The number of hydrogen-bond donors (Lipinski definition) is 2. The quantitative estimate of drug-likeness (QED) is 0.765. The van der Waals surface area contributed by atoms with Crippen LogP contribution in [0.5, 0.6) is 5.75 Å². The second-order valence-corrected chi connectivity index (χ2v) is 6.05. The molecule has 0 fully saturated rings. The number of methoxy groups -OCH3 is 1. The predicted octanol–water partition coefficient (Wildman–Crippen LogP) is 1.73. The minimum atomic E-state index is -0.175. The van der Waals surface area contributed by atoms with E-state index >= 15 is 0 Å². The molecule has 0 saturated heterocycles. The first-order valence-electron chi connectivity index (χ1n) is 7.73. The molecule has 1 aromatic rings. The summed E-state index contributed by atoms with van der Waals surface area (Å²) in [5.74, 6) is 0.798. The molecule has 0 saturated carbocycles. The molecule has 1 atom stereocenters. The Morgan fingerprint density at radius 2 is 1.83 bits per heavy atom. The molecule has 23 heavy (non-hydrogen) atoms. The molecule has 0 radical (unpaired) electrons. The lowest BCUT2D eigenvalue weighted by Gasteiger charge is -2.20. The second kappa shape index (κ2) is 9.15. The maximum atomic E-state index is 12.0. The molecule has 0 heterocycles. The highest BCUT2D eigenvalue weighted by Gasteiger charge is 2.14. The Bertz CT molecular complexity index is 532. The van der Waals surface area contributed by atoms with Crippen molar-refractivity contribution in [3.05, 3.63) is 24.3 Å². The number of ether oxygens (including phenoxy) is 1. The van der Waals surface area contributed by atoms with Gasteiger partial charge in [-0.2, -0.15) is 0 Å². The monoisotopic (exact) mass is 321 g/mol. The molecule has 0 bridgehead atoms. The molecule has 0 unspecified atom stereocenters. The van der Waals surface area contributed by atoms with Crippen LogP contribution in [0.1, 0.15) is 20.8 Å². The normalized spacial score (nSPS) is 12.1. The Morgan fingerprint density at radius 3 is 2.43 bits per heavy atom. The summed E-state index contributed by atoms with van der Waals surface area (Å²) >= 11 is 0. The van der Waals surface area contributed by atoms with Gasteiger partial charge >= 0.3 is 0 Å². The van der Waals surface area contributed by atoms with Gasteiger partial charge in [0.2, 0.25) is 11.8 Å². The zero-order chi connectivity index (χ0) is 17.4. The summed E-state index contributed by atoms with van der Waals surface area (Å²) in [5, 5.41) is 5.71. The molecule has 0 aliphatic rings. The Labute approximate surface area is 138 Å². The van der Waals surface area contributed by atoms with E-state index in [-0.39, 0.29) is 30.9 Å². The van der Waals surface area contributed by atoms with Gasteiger partial charge in [-0.3, -0.25) is 14.5 Å². The number of benzene rings is 1. The highest BCUT2D eigenvalue weighted by Crippen LogP contribution is 2.16. The highest BCUT2D eigenvalue weighted by molar-refractivity contribution is 5.92. The molecule has 2 amide bonds. The molecule has 2 N–H and O–H groups in total. The Hall–Kier alpha value is -2.08. The molecule has 128 valence electrons. The number of carbonyl (C=O) groups excluding carboxylic acids is 2. The maximum Gasteiger partial charge on any atom is 0.238 e. The van der Waals surface area contributed by atoms with Crippen LogP contribution in [0.25, 0.3) is 0 Å². The Balaban J connectivity index is 2.42. The average molecular weight is 321 g/mol. The van der Waals surface area contributed by atoms with Crippen LogP contribution in [0.4, 0.5) is 5.69 Å². The van der Waals surface area contributed by atoms with Crippen LogP contribution in [-0.2, 0) is 9.59 Å². The van der Waals surface area contributed by atoms with Gasteiger partial charge in [-0.1, -0.05) is 19.9 Å². The van der Waals surface area contributed by atoms with E-state index in [1.165, 1.54) is 0 Å². The van der Waals surface area contributed by atoms with Gasteiger partial charge < -0.3 is 15.4 Å². The molecule has 0 aliphatic carbocycles. The Kier molecular flexibility index (Phi) is 7.54. The minimum Gasteiger partial charge on any atom is -0.497 e. The number of rotatable bonds is 8. The van der Waals surface area contributed by atoms with E-state index in [4.69, 9.17) is 4.74 Å². The molecule has 0 aliphatic heterocycles. The fourth-order valence-corrected chi connectivity index (χ4v) is 1.91. The molecule has 0 aromatic heterocycles. The lowest BCUT2D eigenvalue weighted by molar-refractivity contribution is -0.123. The minimum absolute atomic E-state index is 0.0807. The van der Waals surface area contributed by atoms with Crippen molar-refractivity contribution in [2.24, 2.45) is 5.92 Å². The molecular weight excluding hydrogens is 294 g/mol. The zero-order valence-corrected chi connectivity index (χ0v) is 14.6. The summed E-state index contributed by atoms with van der Waals surface area (Å²) in [4.78, 5) is 25.6. The van der Waals surface area contributed by atoms with Gasteiger partial charge in [0.25, 0.3) is 0 Å². The van der Waals surface area contributed by atoms with E-state index in [9.17, 15) is 9.59 Å². The lowest BCUT2D eigenvalue weighted by Crippen LogP contribution is -2.43. The van der Waals surface area contributed by atoms with E-state index < -0.39 is 0 Å². The fourth-order valence-electron chi connectivity index (χ4n) is 1.91. The standard InChI is InChI=1S/C17H27N3O3/c1-12(2)13(3)18-16(21)10-20(4)11-17(22)19-14-7-6-8-15(9-14)23-5/h6-9,12-13H,10-11H2,1-5H3,(H,18,21)(H,19,22)/t13-/m0/s1. The first-order chi connectivity index (χ1) is 10.8. The SMILES string of the molecule is COc1cccc(NC(=O)CN(C)CC(=O)N[C@@H](C)C(C)C)c1. The summed E-state index contributed by atoms with van der Waals surface area (Å²) < 4.78 is 5.11. The summed E-state index contributed by atoms with van der Waals surface area (Å²) in [6.45, 7) is 6.40. The smallest absolute Gasteiger partial charge is 0.238 e. The van der Waals surface area contributed by atoms with Crippen molar-refractivity contribution >= 4 is 17.5 Å². The molecule has 6 heteroatoms. The third kappa shape index (κ3) is 7.15. The van der Waals surface area contributed by atoms with Gasteiger partial charge in [-0.15, -0.1) is 0 Å². The van der Waals surface area contributed by atoms with Crippen LogP contribution >= 0.6 is 0 Å². The van der Waals surface area contributed by atoms with Crippen molar-refractivity contribution in [2.45, 2.75) is 26.8 Å². The van der Waals surface area contributed by atoms with E-state index in [1.807, 2.05) is 13.0 Å². The number of hydrogen-bond acceptors (Lipinski definition) is 4. The first kappa shape index (κ1) is 19.0. The molecule has 1 aromatic carbocycles. The fraction of sp³-hybridized carbons (Fsp3) is 0.529. The summed E-state index contributed by atoms with van der Waals surface area (Å²) in [5.41, 5.74) is 0.667. The zero-order valence-electron chi connectivity index (χ0n) is 14.6. The predicted molar refractivity (Wildman–Crippen MR) is 91.6 cm³/mol. The summed E-state index contributed by atoms with van der Waals surface area (Å²) in [6, 6.07) is 7.26. The average Bonchev–Trinajstić information content (AvgIpc) is 2.46. The van der Waals surface area contributed by atoms with Crippen molar-refractivity contribution in [3.63, 3.8) is 0 Å². The highest BCUT2D eigenvalue weighted by atomic mass is 16.5. The van der Waals surface area contributed by atoms with Crippen molar-refractivity contribution in [1.82, 2.24) is 10.2 Å². The van der Waals surface area contributed by atoms with Crippen LogP contribution in [0.3, 0.4) is 0 Å². The number of amides is 2. The summed E-state index contributed by atoms with van der Waals surface area (Å²) in [7, 11) is 3.32. The van der Waals surface area contributed by atoms with Crippen molar-refractivity contribution in [1.29, 1.82) is 0 Å². The second-order valence-electron chi connectivity index (χ2n) is 6.05. The largest absolute Gasteiger partial charge is 0.497 e. The van der Waals surface area contributed by atoms with Crippen LogP contribution in [0, 0.1) is 5.92 Å². The number of likely N-dealkylation sites (N-methyl/N-ethyl adjacent to an activating group) is 1. The van der Waals surface area contributed by atoms with Crippen LogP contribution in [0.15, 0.2) is 24.3 Å².